The summed E-state index contributed by atoms with van der Waals surface area (Å²) < 4.78 is 5.46. The van der Waals surface area contributed by atoms with Crippen molar-refractivity contribution in [1.29, 1.82) is 0 Å². The first-order valence-electron chi connectivity index (χ1n) is 6.64. The van der Waals surface area contributed by atoms with E-state index >= 15 is 0 Å². The number of nitrogens with zero attached hydrogens (tertiary/aromatic N) is 1. The fraction of sp³-hybridized carbons (Fsp3) is 0.600. The SMILES string of the molecule is CCc1ccc(OC)c(N(C)C(CN)C(C)C)c1. The Morgan fingerprint density at radius 3 is 2.44 bits per heavy atom. The maximum absolute atomic E-state index is 5.89. The maximum Gasteiger partial charge on any atom is 0.142 e. The quantitative estimate of drug-likeness (QED) is 0.843. The highest BCUT2D eigenvalue weighted by molar-refractivity contribution is 5.60. The summed E-state index contributed by atoms with van der Waals surface area (Å²) in [5.74, 6) is 1.42. The second-order valence-corrected chi connectivity index (χ2v) is 5.02. The van der Waals surface area contributed by atoms with Gasteiger partial charge in [-0.1, -0.05) is 26.8 Å². The number of anilines is 1. The van der Waals surface area contributed by atoms with Crippen molar-refractivity contribution in [3.63, 3.8) is 0 Å². The molecular weight excluding hydrogens is 224 g/mol. The van der Waals surface area contributed by atoms with Gasteiger partial charge in [0.05, 0.1) is 12.8 Å². The smallest absolute Gasteiger partial charge is 0.142 e. The second-order valence-electron chi connectivity index (χ2n) is 5.02. The van der Waals surface area contributed by atoms with Crippen molar-refractivity contribution >= 4 is 5.69 Å². The molecule has 0 saturated carbocycles. The van der Waals surface area contributed by atoms with E-state index in [1.165, 1.54) is 5.56 Å². The number of nitrogens with two attached hydrogens (primary N) is 1. The first kappa shape index (κ1) is 14.8. The molecule has 0 heterocycles. The largest absolute Gasteiger partial charge is 0.495 e. The van der Waals surface area contributed by atoms with Gasteiger partial charge < -0.3 is 15.4 Å². The van der Waals surface area contributed by atoms with E-state index in [0.717, 1.165) is 17.9 Å². The predicted molar refractivity (Wildman–Crippen MR) is 78.5 cm³/mol. The number of likely N-dealkylation sites (N-methyl/N-ethyl adjacent to an activating group) is 1. The Bertz CT molecular complexity index is 377. The van der Waals surface area contributed by atoms with E-state index in [1.807, 2.05) is 6.07 Å². The van der Waals surface area contributed by atoms with Crippen LogP contribution >= 0.6 is 0 Å². The van der Waals surface area contributed by atoms with E-state index in [-0.39, 0.29) is 0 Å². The molecule has 0 saturated heterocycles. The highest BCUT2D eigenvalue weighted by Crippen LogP contribution is 2.31. The molecule has 0 radical (unpaired) electrons. The van der Waals surface area contributed by atoms with Gasteiger partial charge in [-0.3, -0.25) is 0 Å². The van der Waals surface area contributed by atoms with Crippen LogP contribution in [0.3, 0.4) is 0 Å². The van der Waals surface area contributed by atoms with Gasteiger partial charge >= 0.3 is 0 Å². The van der Waals surface area contributed by atoms with Gasteiger partial charge in [0.2, 0.25) is 0 Å². The van der Waals surface area contributed by atoms with Crippen LogP contribution in [0.4, 0.5) is 5.69 Å². The Hall–Kier alpha value is -1.22. The maximum atomic E-state index is 5.89. The van der Waals surface area contributed by atoms with Crippen LogP contribution in [0.2, 0.25) is 0 Å². The third-order valence-electron chi connectivity index (χ3n) is 3.54. The van der Waals surface area contributed by atoms with Gasteiger partial charge in [0, 0.05) is 19.6 Å². The fourth-order valence-electron chi connectivity index (χ4n) is 2.29. The number of rotatable bonds is 6. The third-order valence-corrected chi connectivity index (χ3v) is 3.54. The summed E-state index contributed by atoms with van der Waals surface area (Å²) in [4.78, 5) is 2.24. The van der Waals surface area contributed by atoms with Crippen LogP contribution in [0.5, 0.6) is 5.75 Å². The number of hydrogen-bond acceptors (Lipinski definition) is 3. The summed E-state index contributed by atoms with van der Waals surface area (Å²) in [6, 6.07) is 6.68. The van der Waals surface area contributed by atoms with Gasteiger partial charge in [-0.05, 0) is 30.0 Å². The molecule has 1 rings (SSSR count). The Balaban J connectivity index is 3.12. The molecule has 0 spiro atoms. The van der Waals surface area contributed by atoms with Crippen LogP contribution in [0, 0.1) is 5.92 Å². The lowest BCUT2D eigenvalue weighted by Crippen LogP contribution is -2.42. The topological polar surface area (TPSA) is 38.5 Å². The van der Waals surface area contributed by atoms with Gasteiger partial charge in [0.25, 0.3) is 0 Å². The number of hydrogen-bond donors (Lipinski definition) is 1. The molecule has 3 heteroatoms. The third kappa shape index (κ3) is 3.16. The summed E-state index contributed by atoms with van der Waals surface area (Å²) in [6.07, 6.45) is 1.03. The molecule has 3 nitrogen and oxygen atoms in total. The van der Waals surface area contributed by atoms with E-state index < -0.39 is 0 Å². The molecule has 0 bridgehead atoms. The molecule has 1 aromatic carbocycles. The summed E-state index contributed by atoms with van der Waals surface area (Å²) in [5, 5.41) is 0. The number of benzene rings is 1. The normalized spacial score (nSPS) is 12.6. The molecule has 1 atom stereocenters. The monoisotopic (exact) mass is 250 g/mol. The van der Waals surface area contributed by atoms with Gasteiger partial charge in [0.15, 0.2) is 0 Å². The molecule has 0 amide bonds. The lowest BCUT2D eigenvalue weighted by atomic mass is 10.0. The van der Waals surface area contributed by atoms with Crippen molar-refractivity contribution in [2.75, 3.05) is 25.6 Å². The molecule has 1 aromatic rings. The summed E-state index contributed by atoms with van der Waals surface area (Å²) >= 11 is 0. The summed E-state index contributed by atoms with van der Waals surface area (Å²) in [7, 11) is 3.81. The number of aryl methyl sites for hydroxylation is 1. The molecule has 0 aromatic heterocycles. The van der Waals surface area contributed by atoms with E-state index in [0.29, 0.717) is 18.5 Å². The van der Waals surface area contributed by atoms with Crippen LogP contribution in [0.25, 0.3) is 0 Å². The Labute approximate surface area is 111 Å². The minimum atomic E-state index is 0.325. The van der Waals surface area contributed by atoms with Gasteiger partial charge in [0.1, 0.15) is 5.75 Å². The molecule has 0 fully saturated rings. The Morgan fingerprint density at radius 1 is 1.33 bits per heavy atom. The van der Waals surface area contributed by atoms with Crippen molar-refractivity contribution in [3.05, 3.63) is 23.8 Å². The van der Waals surface area contributed by atoms with E-state index in [4.69, 9.17) is 10.5 Å². The standard InChI is InChI=1S/C15H26N2O/c1-6-12-7-8-15(18-5)13(9-12)17(4)14(10-16)11(2)3/h7-9,11,14H,6,10,16H2,1-5H3. The molecule has 1 unspecified atom stereocenters. The number of methoxy groups -OCH3 is 1. The van der Waals surface area contributed by atoms with Crippen molar-refractivity contribution in [2.24, 2.45) is 11.7 Å². The molecule has 0 aliphatic heterocycles. The first-order valence-corrected chi connectivity index (χ1v) is 6.64. The molecule has 0 aliphatic carbocycles. The van der Waals surface area contributed by atoms with Crippen LogP contribution in [0.1, 0.15) is 26.3 Å². The van der Waals surface area contributed by atoms with Gasteiger partial charge in [-0.15, -0.1) is 0 Å². The predicted octanol–water partition coefficient (Wildman–Crippen LogP) is 2.68. The highest BCUT2D eigenvalue weighted by atomic mass is 16.5. The zero-order valence-electron chi connectivity index (χ0n) is 12.2. The van der Waals surface area contributed by atoms with E-state index in [9.17, 15) is 0 Å². The lowest BCUT2D eigenvalue weighted by Gasteiger charge is -2.33. The zero-order chi connectivity index (χ0) is 13.7. The Kier molecular flexibility index (Phi) is 5.48. The van der Waals surface area contributed by atoms with Crippen molar-refractivity contribution < 1.29 is 4.74 Å². The average Bonchev–Trinajstić information content (AvgIpc) is 2.38. The molecule has 2 N–H and O–H groups in total. The van der Waals surface area contributed by atoms with Crippen molar-refractivity contribution in [1.82, 2.24) is 0 Å². The fourth-order valence-corrected chi connectivity index (χ4v) is 2.29. The van der Waals surface area contributed by atoms with Gasteiger partial charge in [-0.2, -0.15) is 0 Å². The van der Waals surface area contributed by atoms with Gasteiger partial charge in [-0.25, -0.2) is 0 Å². The van der Waals surface area contributed by atoms with Crippen molar-refractivity contribution in [2.45, 2.75) is 33.2 Å². The van der Waals surface area contributed by atoms with Crippen LogP contribution in [-0.2, 0) is 6.42 Å². The van der Waals surface area contributed by atoms with E-state index in [2.05, 4.69) is 44.9 Å². The van der Waals surface area contributed by atoms with Crippen LogP contribution in [0.15, 0.2) is 18.2 Å². The van der Waals surface area contributed by atoms with Crippen LogP contribution in [-0.4, -0.2) is 26.7 Å². The molecular formula is C15H26N2O. The Morgan fingerprint density at radius 2 is 2.00 bits per heavy atom. The zero-order valence-corrected chi connectivity index (χ0v) is 12.2. The molecule has 0 aliphatic rings. The minimum absolute atomic E-state index is 0.325. The summed E-state index contributed by atoms with van der Waals surface area (Å²) in [5.41, 5.74) is 8.33. The lowest BCUT2D eigenvalue weighted by molar-refractivity contribution is 0.409. The molecule has 18 heavy (non-hydrogen) atoms. The van der Waals surface area contributed by atoms with Crippen LogP contribution < -0.4 is 15.4 Å². The minimum Gasteiger partial charge on any atom is -0.495 e. The van der Waals surface area contributed by atoms with Crippen molar-refractivity contribution in [3.8, 4) is 5.75 Å². The second kappa shape index (κ2) is 6.64. The molecule has 102 valence electrons. The highest BCUT2D eigenvalue weighted by Gasteiger charge is 2.20. The number of ether oxygens (including phenoxy) is 1. The first-order chi connectivity index (χ1) is 8.54. The summed E-state index contributed by atoms with van der Waals surface area (Å²) in [6.45, 7) is 7.20. The average molecular weight is 250 g/mol. The van der Waals surface area contributed by atoms with E-state index in [1.54, 1.807) is 7.11 Å².